The Kier molecular flexibility index (Phi) is 4.87. The van der Waals surface area contributed by atoms with Crippen molar-refractivity contribution in [1.29, 1.82) is 0 Å². The summed E-state index contributed by atoms with van der Waals surface area (Å²) < 4.78 is 0. The molecule has 0 aromatic carbocycles. The summed E-state index contributed by atoms with van der Waals surface area (Å²) in [5, 5.41) is 0. The molecule has 84 valence electrons. The van der Waals surface area contributed by atoms with Crippen LogP contribution in [0.15, 0.2) is 35.5 Å². The molecule has 1 rings (SSSR count). The van der Waals surface area contributed by atoms with Gasteiger partial charge in [0, 0.05) is 0 Å². The Balaban J connectivity index is 2.84. The lowest BCUT2D eigenvalue weighted by Crippen LogP contribution is -2.10. The molecule has 0 saturated heterocycles. The Labute approximate surface area is 94.8 Å². The average molecular weight is 204 g/mol. The smallest absolute Gasteiger partial charge is 0.0163 e. The zero-order valence-electron chi connectivity index (χ0n) is 10.5. The van der Waals surface area contributed by atoms with Gasteiger partial charge in [-0.15, -0.1) is 0 Å². The predicted molar refractivity (Wildman–Crippen MR) is 68.9 cm³/mol. The van der Waals surface area contributed by atoms with Crippen LogP contribution in [0.5, 0.6) is 0 Å². The molecule has 0 unspecified atom stereocenters. The molecule has 0 amide bonds. The van der Waals surface area contributed by atoms with Gasteiger partial charge < -0.3 is 0 Å². The zero-order chi connectivity index (χ0) is 11.3. The van der Waals surface area contributed by atoms with Crippen LogP contribution in [0.25, 0.3) is 0 Å². The van der Waals surface area contributed by atoms with E-state index in [0.29, 0.717) is 0 Å². The third-order valence-corrected chi connectivity index (χ3v) is 3.69. The maximum atomic E-state index is 3.86. The van der Waals surface area contributed by atoms with Crippen LogP contribution in [0.1, 0.15) is 52.9 Å². The quantitative estimate of drug-likeness (QED) is 0.565. The summed E-state index contributed by atoms with van der Waals surface area (Å²) in [4.78, 5) is 0. The molecule has 1 fully saturated rings. The van der Waals surface area contributed by atoms with E-state index >= 15 is 0 Å². The van der Waals surface area contributed by atoms with Crippen LogP contribution in [0.4, 0.5) is 0 Å². The van der Waals surface area contributed by atoms with Gasteiger partial charge in [-0.05, 0) is 56.3 Å². The molecule has 0 spiro atoms. The van der Waals surface area contributed by atoms with Crippen LogP contribution < -0.4 is 0 Å². The van der Waals surface area contributed by atoms with Crippen molar-refractivity contribution in [2.45, 2.75) is 52.9 Å². The van der Waals surface area contributed by atoms with Gasteiger partial charge in [0.2, 0.25) is 0 Å². The fourth-order valence-corrected chi connectivity index (χ4v) is 2.55. The molecule has 0 heterocycles. The maximum Gasteiger partial charge on any atom is -0.0163 e. The van der Waals surface area contributed by atoms with Gasteiger partial charge in [-0.25, -0.2) is 0 Å². The third kappa shape index (κ3) is 3.09. The number of allylic oxidation sites excluding steroid dienone is 5. The Morgan fingerprint density at radius 1 is 1.13 bits per heavy atom. The van der Waals surface area contributed by atoms with E-state index in [1.165, 1.54) is 43.3 Å². The van der Waals surface area contributed by atoms with E-state index in [1.807, 2.05) is 6.08 Å². The van der Waals surface area contributed by atoms with Crippen molar-refractivity contribution in [1.82, 2.24) is 0 Å². The highest BCUT2D eigenvalue weighted by molar-refractivity contribution is 5.38. The van der Waals surface area contributed by atoms with Crippen molar-refractivity contribution in [3.8, 4) is 0 Å². The summed E-state index contributed by atoms with van der Waals surface area (Å²) in [6, 6.07) is 0. The van der Waals surface area contributed by atoms with Crippen molar-refractivity contribution in [3.05, 3.63) is 35.5 Å². The van der Waals surface area contributed by atoms with Crippen molar-refractivity contribution < 1.29 is 0 Å². The van der Waals surface area contributed by atoms with Gasteiger partial charge in [-0.1, -0.05) is 38.0 Å². The van der Waals surface area contributed by atoms with E-state index in [9.17, 15) is 0 Å². The second-order valence-corrected chi connectivity index (χ2v) is 4.59. The molecular weight excluding hydrogens is 180 g/mol. The van der Waals surface area contributed by atoms with Crippen LogP contribution in [0.2, 0.25) is 0 Å². The molecule has 0 bridgehead atoms. The Bertz CT molecular complexity index is 272. The molecule has 0 atom stereocenters. The van der Waals surface area contributed by atoms with Crippen LogP contribution in [0.3, 0.4) is 0 Å². The molecule has 0 radical (unpaired) electrons. The maximum absolute atomic E-state index is 3.86. The SMILES string of the molecule is C=C/C(C)=C(C)\C(=C/C)C1CCCCC1. The lowest BCUT2D eigenvalue weighted by atomic mass is 9.80. The van der Waals surface area contributed by atoms with Gasteiger partial charge in [0.15, 0.2) is 0 Å². The van der Waals surface area contributed by atoms with Crippen molar-refractivity contribution in [2.75, 3.05) is 0 Å². The Morgan fingerprint density at radius 2 is 1.73 bits per heavy atom. The van der Waals surface area contributed by atoms with Crippen LogP contribution in [0, 0.1) is 5.92 Å². The second kappa shape index (κ2) is 5.95. The van der Waals surface area contributed by atoms with E-state index in [4.69, 9.17) is 0 Å². The minimum absolute atomic E-state index is 0.804. The standard InChI is InChI=1S/C15H24/c1-5-12(3)13(4)15(6-2)14-10-8-7-9-11-14/h5-6,14H,1,7-11H2,2-4H3/b13-12-,15-6+. The van der Waals surface area contributed by atoms with Gasteiger partial charge in [0.05, 0.1) is 0 Å². The molecule has 0 aromatic rings. The third-order valence-electron chi connectivity index (χ3n) is 3.69. The van der Waals surface area contributed by atoms with Crippen LogP contribution in [-0.2, 0) is 0 Å². The van der Waals surface area contributed by atoms with E-state index in [-0.39, 0.29) is 0 Å². The predicted octanol–water partition coefficient (Wildman–Crippen LogP) is 5.04. The summed E-state index contributed by atoms with van der Waals surface area (Å²) in [6.07, 6.45) is 11.3. The highest BCUT2D eigenvalue weighted by atomic mass is 14.2. The highest BCUT2D eigenvalue weighted by Gasteiger charge is 2.18. The van der Waals surface area contributed by atoms with Crippen LogP contribution >= 0.6 is 0 Å². The first-order valence-corrected chi connectivity index (χ1v) is 6.17. The highest BCUT2D eigenvalue weighted by Crippen LogP contribution is 2.34. The Hall–Kier alpha value is -0.780. The average Bonchev–Trinajstić information content (AvgIpc) is 2.30. The monoisotopic (exact) mass is 204 g/mol. The van der Waals surface area contributed by atoms with Crippen LogP contribution in [-0.4, -0.2) is 0 Å². The van der Waals surface area contributed by atoms with Gasteiger partial charge in [0.25, 0.3) is 0 Å². The zero-order valence-corrected chi connectivity index (χ0v) is 10.5. The first-order valence-electron chi connectivity index (χ1n) is 6.17. The first kappa shape index (κ1) is 12.3. The fraction of sp³-hybridized carbons (Fsp3) is 0.600. The molecule has 0 aromatic heterocycles. The first-order chi connectivity index (χ1) is 7.20. The molecular formula is C15H24. The largest absolute Gasteiger partial charge is 0.0988 e. The molecule has 1 aliphatic carbocycles. The van der Waals surface area contributed by atoms with Gasteiger partial charge in [-0.2, -0.15) is 0 Å². The van der Waals surface area contributed by atoms with Crippen molar-refractivity contribution >= 4 is 0 Å². The molecule has 15 heavy (non-hydrogen) atoms. The normalized spacial score (nSPS) is 21.1. The number of rotatable bonds is 3. The van der Waals surface area contributed by atoms with Crippen molar-refractivity contribution in [2.24, 2.45) is 5.92 Å². The van der Waals surface area contributed by atoms with E-state index in [2.05, 4.69) is 33.4 Å². The summed E-state index contributed by atoms with van der Waals surface area (Å²) in [7, 11) is 0. The fourth-order valence-electron chi connectivity index (χ4n) is 2.55. The summed E-state index contributed by atoms with van der Waals surface area (Å²) >= 11 is 0. The summed E-state index contributed by atoms with van der Waals surface area (Å²) in [6.45, 7) is 10.4. The summed E-state index contributed by atoms with van der Waals surface area (Å²) in [5.74, 6) is 0.804. The molecule has 0 N–H and O–H groups in total. The van der Waals surface area contributed by atoms with E-state index in [1.54, 1.807) is 5.57 Å². The number of hydrogen-bond acceptors (Lipinski definition) is 0. The van der Waals surface area contributed by atoms with E-state index in [0.717, 1.165) is 5.92 Å². The molecule has 0 heteroatoms. The molecule has 0 aliphatic heterocycles. The molecule has 1 saturated carbocycles. The topological polar surface area (TPSA) is 0 Å². The lowest BCUT2D eigenvalue weighted by molar-refractivity contribution is 0.405. The summed E-state index contributed by atoms with van der Waals surface area (Å²) in [5.41, 5.74) is 4.33. The minimum Gasteiger partial charge on any atom is -0.0988 e. The van der Waals surface area contributed by atoms with Crippen molar-refractivity contribution in [3.63, 3.8) is 0 Å². The van der Waals surface area contributed by atoms with E-state index < -0.39 is 0 Å². The van der Waals surface area contributed by atoms with Gasteiger partial charge >= 0.3 is 0 Å². The minimum atomic E-state index is 0.804. The number of hydrogen-bond donors (Lipinski definition) is 0. The second-order valence-electron chi connectivity index (χ2n) is 4.59. The molecule has 1 aliphatic rings. The van der Waals surface area contributed by atoms with Gasteiger partial charge in [-0.3, -0.25) is 0 Å². The lowest BCUT2D eigenvalue weighted by Gasteiger charge is -2.25. The van der Waals surface area contributed by atoms with Gasteiger partial charge in [0.1, 0.15) is 0 Å². The Morgan fingerprint density at radius 3 is 2.20 bits per heavy atom. The molecule has 0 nitrogen and oxygen atoms in total.